The molecule has 0 aromatic rings. The lowest BCUT2D eigenvalue weighted by Gasteiger charge is -2.32. The molecule has 0 saturated heterocycles. The first-order valence-corrected chi connectivity index (χ1v) is 7.17. The van der Waals surface area contributed by atoms with Crippen LogP contribution in [0.2, 0.25) is 0 Å². The molecular formula is C15H30. The minimum Gasteiger partial charge on any atom is -0.0651 e. The van der Waals surface area contributed by atoms with E-state index in [2.05, 4.69) is 27.7 Å². The Bertz CT molecular complexity index is 147. The largest absolute Gasteiger partial charge is 0.0651 e. The highest BCUT2D eigenvalue weighted by Gasteiger charge is 2.24. The quantitative estimate of drug-likeness (QED) is 0.579. The maximum Gasteiger partial charge on any atom is -0.0391 e. The number of hydrogen-bond acceptors (Lipinski definition) is 0. The van der Waals surface area contributed by atoms with E-state index in [4.69, 9.17) is 0 Å². The van der Waals surface area contributed by atoms with Gasteiger partial charge in [-0.1, -0.05) is 53.4 Å². The molecule has 1 aliphatic rings. The van der Waals surface area contributed by atoms with Gasteiger partial charge in [-0.3, -0.25) is 0 Å². The van der Waals surface area contributed by atoms with Gasteiger partial charge in [0, 0.05) is 0 Å². The van der Waals surface area contributed by atoms with E-state index in [0.29, 0.717) is 0 Å². The van der Waals surface area contributed by atoms with Gasteiger partial charge in [-0.25, -0.2) is 0 Å². The van der Waals surface area contributed by atoms with Crippen LogP contribution in [0, 0.1) is 23.7 Å². The second-order valence-electron chi connectivity index (χ2n) is 5.94. The molecule has 1 saturated carbocycles. The molecule has 0 aliphatic heterocycles. The van der Waals surface area contributed by atoms with Crippen molar-refractivity contribution < 1.29 is 0 Å². The van der Waals surface area contributed by atoms with Gasteiger partial charge >= 0.3 is 0 Å². The lowest BCUT2D eigenvalue weighted by atomic mass is 9.74. The smallest absolute Gasteiger partial charge is 0.0391 e. The topological polar surface area (TPSA) is 0 Å². The van der Waals surface area contributed by atoms with Crippen LogP contribution in [0.15, 0.2) is 0 Å². The zero-order valence-corrected chi connectivity index (χ0v) is 11.3. The summed E-state index contributed by atoms with van der Waals surface area (Å²) < 4.78 is 0. The van der Waals surface area contributed by atoms with Crippen LogP contribution in [0.4, 0.5) is 0 Å². The first kappa shape index (κ1) is 13.1. The SMILES string of the molecule is CCC(CC)CC1CCC(C(C)C)CC1. The summed E-state index contributed by atoms with van der Waals surface area (Å²) in [7, 11) is 0. The van der Waals surface area contributed by atoms with Crippen molar-refractivity contribution in [3.05, 3.63) is 0 Å². The van der Waals surface area contributed by atoms with Crippen molar-refractivity contribution in [1.82, 2.24) is 0 Å². The van der Waals surface area contributed by atoms with Gasteiger partial charge in [0.2, 0.25) is 0 Å². The Hall–Kier alpha value is 0. The van der Waals surface area contributed by atoms with Gasteiger partial charge < -0.3 is 0 Å². The van der Waals surface area contributed by atoms with Gasteiger partial charge in [0.25, 0.3) is 0 Å². The van der Waals surface area contributed by atoms with Gasteiger partial charge in [-0.15, -0.1) is 0 Å². The first-order chi connectivity index (χ1) is 7.17. The predicted octanol–water partition coefficient (Wildman–Crippen LogP) is 5.28. The molecule has 0 unspecified atom stereocenters. The van der Waals surface area contributed by atoms with E-state index in [0.717, 1.165) is 23.7 Å². The lowest BCUT2D eigenvalue weighted by Crippen LogP contribution is -2.20. The Balaban J connectivity index is 2.25. The third-order valence-corrected chi connectivity index (χ3v) is 4.66. The Morgan fingerprint density at radius 2 is 1.47 bits per heavy atom. The molecule has 1 fully saturated rings. The van der Waals surface area contributed by atoms with Crippen LogP contribution < -0.4 is 0 Å². The first-order valence-electron chi connectivity index (χ1n) is 7.17. The Kier molecular flexibility index (Phi) is 5.71. The fourth-order valence-corrected chi connectivity index (χ4v) is 3.18. The van der Waals surface area contributed by atoms with Crippen LogP contribution in [0.3, 0.4) is 0 Å². The molecule has 1 aliphatic carbocycles. The van der Waals surface area contributed by atoms with Gasteiger partial charge in [0.1, 0.15) is 0 Å². The van der Waals surface area contributed by atoms with Crippen molar-refractivity contribution in [2.45, 2.75) is 72.6 Å². The zero-order chi connectivity index (χ0) is 11.3. The lowest BCUT2D eigenvalue weighted by molar-refractivity contribution is 0.196. The monoisotopic (exact) mass is 210 g/mol. The van der Waals surface area contributed by atoms with Crippen molar-refractivity contribution >= 4 is 0 Å². The van der Waals surface area contributed by atoms with E-state index in [-0.39, 0.29) is 0 Å². The minimum atomic E-state index is 0.916. The summed E-state index contributed by atoms with van der Waals surface area (Å²) in [5.74, 6) is 4.01. The second-order valence-corrected chi connectivity index (χ2v) is 5.94. The summed E-state index contributed by atoms with van der Waals surface area (Å²) in [6, 6.07) is 0. The third-order valence-electron chi connectivity index (χ3n) is 4.66. The summed E-state index contributed by atoms with van der Waals surface area (Å²) in [4.78, 5) is 0. The van der Waals surface area contributed by atoms with Crippen LogP contribution >= 0.6 is 0 Å². The molecule has 1 rings (SSSR count). The number of hydrogen-bond donors (Lipinski definition) is 0. The number of rotatable bonds is 5. The molecule has 15 heavy (non-hydrogen) atoms. The van der Waals surface area contributed by atoms with Crippen molar-refractivity contribution in [3.8, 4) is 0 Å². The molecule has 0 nitrogen and oxygen atoms in total. The highest BCUT2D eigenvalue weighted by atomic mass is 14.3. The Morgan fingerprint density at radius 1 is 0.933 bits per heavy atom. The van der Waals surface area contributed by atoms with E-state index >= 15 is 0 Å². The third kappa shape index (κ3) is 4.17. The van der Waals surface area contributed by atoms with Gasteiger partial charge in [-0.2, -0.15) is 0 Å². The molecule has 0 N–H and O–H groups in total. The molecule has 0 heterocycles. The molecule has 0 aromatic carbocycles. The maximum absolute atomic E-state index is 2.39. The fraction of sp³-hybridized carbons (Fsp3) is 1.00. The van der Waals surface area contributed by atoms with E-state index in [1.807, 2.05) is 0 Å². The van der Waals surface area contributed by atoms with Crippen molar-refractivity contribution in [1.29, 1.82) is 0 Å². The van der Waals surface area contributed by atoms with E-state index in [1.165, 1.54) is 44.9 Å². The highest BCUT2D eigenvalue weighted by molar-refractivity contribution is 4.76. The molecule has 90 valence electrons. The minimum absolute atomic E-state index is 0.916. The summed E-state index contributed by atoms with van der Waals surface area (Å²) in [5, 5.41) is 0. The normalized spacial score (nSPS) is 27.6. The van der Waals surface area contributed by atoms with Crippen LogP contribution in [-0.2, 0) is 0 Å². The van der Waals surface area contributed by atoms with Gasteiger partial charge in [0.05, 0.1) is 0 Å². The molecule has 0 radical (unpaired) electrons. The maximum atomic E-state index is 2.39. The molecule has 0 aromatic heterocycles. The van der Waals surface area contributed by atoms with E-state index in [9.17, 15) is 0 Å². The summed E-state index contributed by atoms with van der Waals surface area (Å²) >= 11 is 0. The molecule has 0 heteroatoms. The van der Waals surface area contributed by atoms with Crippen LogP contribution in [0.1, 0.15) is 72.6 Å². The van der Waals surface area contributed by atoms with Crippen LogP contribution in [0.5, 0.6) is 0 Å². The van der Waals surface area contributed by atoms with Crippen molar-refractivity contribution in [2.24, 2.45) is 23.7 Å². The molecule has 0 spiro atoms. The van der Waals surface area contributed by atoms with Crippen molar-refractivity contribution in [2.75, 3.05) is 0 Å². The molecule has 0 amide bonds. The van der Waals surface area contributed by atoms with E-state index < -0.39 is 0 Å². The summed E-state index contributed by atoms with van der Waals surface area (Å²) in [5.41, 5.74) is 0. The van der Waals surface area contributed by atoms with Gasteiger partial charge in [-0.05, 0) is 42.9 Å². The van der Waals surface area contributed by atoms with Crippen LogP contribution in [0.25, 0.3) is 0 Å². The molecular weight excluding hydrogens is 180 g/mol. The molecule has 0 bridgehead atoms. The average molecular weight is 210 g/mol. The van der Waals surface area contributed by atoms with Crippen molar-refractivity contribution in [3.63, 3.8) is 0 Å². The van der Waals surface area contributed by atoms with E-state index in [1.54, 1.807) is 0 Å². The summed E-state index contributed by atoms with van der Waals surface area (Å²) in [6.07, 6.45) is 10.3. The predicted molar refractivity (Wildman–Crippen MR) is 69.0 cm³/mol. The second kappa shape index (κ2) is 6.55. The standard InChI is InChI=1S/C15H30/c1-5-13(6-2)11-14-7-9-15(10-8-14)12(3)4/h12-15H,5-11H2,1-4H3. The zero-order valence-electron chi connectivity index (χ0n) is 11.3. The van der Waals surface area contributed by atoms with Gasteiger partial charge in [0.15, 0.2) is 0 Å². The average Bonchev–Trinajstić information content (AvgIpc) is 2.26. The Labute approximate surface area is 96.8 Å². The highest BCUT2D eigenvalue weighted by Crippen LogP contribution is 2.36. The molecule has 0 atom stereocenters. The summed E-state index contributed by atoms with van der Waals surface area (Å²) in [6.45, 7) is 9.50. The Morgan fingerprint density at radius 3 is 1.87 bits per heavy atom. The van der Waals surface area contributed by atoms with Crippen LogP contribution in [-0.4, -0.2) is 0 Å². The fourth-order valence-electron chi connectivity index (χ4n) is 3.18.